The first-order valence-electron chi connectivity index (χ1n) is 7.68. The van der Waals surface area contributed by atoms with Gasteiger partial charge in [-0.3, -0.25) is 4.79 Å². The molecule has 1 N–H and O–H groups in total. The van der Waals surface area contributed by atoms with Gasteiger partial charge in [-0.05, 0) is 52.1 Å². The van der Waals surface area contributed by atoms with E-state index < -0.39 is 0 Å². The summed E-state index contributed by atoms with van der Waals surface area (Å²) in [6.07, 6.45) is 5.11. The highest BCUT2D eigenvalue weighted by atomic mass is 16.5. The molecule has 0 radical (unpaired) electrons. The molecule has 0 saturated heterocycles. The lowest BCUT2D eigenvalue weighted by Crippen LogP contribution is -2.49. The summed E-state index contributed by atoms with van der Waals surface area (Å²) >= 11 is 0. The van der Waals surface area contributed by atoms with Crippen LogP contribution in [0.5, 0.6) is 0 Å². The Balaban J connectivity index is 2.46. The molecule has 4 heteroatoms. The maximum Gasteiger partial charge on any atom is 0.324 e. The Morgan fingerprint density at radius 2 is 1.95 bits per heavy atom. The van der Waals surface area contributed by atoms with Crippen LogP contribution < -0.4 is 5.32 Å². The van der Waals surface area contributed by atoms with Crippen molar-refractivity contribution in [3.8, 4) is 0 Å². The van der Waals surface area contributed by atoms with E-state index in [0.717, 1.165) is 19.0 Å². The minimum Gasteiger partial charge on any atom is -0.465 e. The quantitative estimate of drug-likeness (QED) is 0.719. The van der Waals surface area contributed by atoms with Crippen LogP contribution in [-0.4, -0.2) is 49.7 Å². The van der Waals surface area contributed by atoms with E-state index in [1.165, 1.54) is 25.7 Å². The fourth-order valence-electron chi connectivity index (χ4n) is 2.83. The lowest BCUT2D eigenvalue weighted by molar-refractivity contribution is -0.146. The highest BCUT2D eigenvalue weighted by molar-refractivity contribution is 5.76. The second kappa shape index (κ2) is 8.54. The zero-order chi connectivity index (χ0) is 14.3. The van der Waals surface area contributed by atoms with Gasteiger partial charge in [0.25, 0.3) is 0 Å². The van der Waals surface area contributed by atoms with Gasteiger partial charge < -0.3 is 15.0 Å². The molecule has 1 fully saturated rings. The lowest BCUT2D eigenvalue weighted by atomic mass is 9.86. The first-order chi connectivity index (χ1) is 9.08. The highest BCUT2D eigenvalue weighted by Gasteiger charge is 2.26. The number of hydrogen-bond donors (Lipinski definition) is 1. The predicted octanol–water partition coefficient (Wildman–Crippen LogP) is 2.04. The first kappa shape index (κ1) is 16.4. The fraction of sp³-hybridized carbons (Fsp3) is 0.933. The molecule has 0 aliphatic heterocycles. The van der Waals surface area contributed by atoms with Crippen LogP contribution >= 0.6 is 0 Å². The number of rotatable bonds is 7. The van der Waals surface area contributed by atoms with Gasteiger partial charge in [0, 0.05) is 12.6 Å². The maximum absolute atomic E-state index is 11.9. The molecule has 1 unspecified atom stereocenters. The average molecular weight is 270 g/mol. The van der Waals surface area contributed by atoms with Crippen molar-refractivity contribution in [2.45, 2.75) is 58.5 Å². The van der Waals surface area contributed by atoms with Crippen molar-refractivity contribution in [2.75, 3.05) is 26.7 Å². The van der Waals surface area contributed by atoms with Crippen LogP contribution in [0.1, 0.15) is 46.5 Å². The van der Waals surface area contributed by atoms with Gasteiger partial charge in [-0.25, -0.2) is 0 Å². The molecule has 1 rings (SSSR count). The van der Waals surface area contributed by atoms with Crippen LogP contribution in [0, 0.1) is 5.92 Å². The van der Waals surface area contributed by atoms with Gasteiger partial charge in [-0.1, -0.05) is 13.8 Å². The Kier molecular flexibility index (Phi) is 7.39. The summed E-state index contributed by atoms with van der Waals surface area (Å²) < 4.78 is 5.13. The second-order valence-corrected chi connectivity index (χ2v) is 5.72. The number of nitrogens with zero attached hydrogens (tertiary/aromatic N) is 1. The molecule has 0 bridgehead atoms. The summed E-state index contributed by atoms with van der Waals surface area (Å²) in [5.74, 6) is 0.736. The van der Waals surface area contributed by atoms with Crippen molar-refractivity contribution >= 4 is 5.97 Å². The van der Waals surface area contributed by atoms with Crippen LogP contribution in [0.15, 0.2) is 0 Å². The normalized spacial score (nSPS) is 25.3. The summed E-state index contributed by atoms with van der Waals surface area (Å²) in [7, 11) is 2.13. The molecule has 1 atom stereocenters. The molecule has 0 heterocycles. The Hall–Kier alpha value is -0.610. The zero-order valence-corrected chi connectivity index (χ0v) is 12.9. The third-order valence-electron chi connectivity index (χ3n) is 4.10. The molecule has 1 saturated carbocycles. The van der Waals surface area contributed by atoms with Gasteiger partial charge in [0.2, 0.25) is 0 Å². The largest absolute Gasteiger partial charge is 0.465 e. The predicted molar refractivity (Wildman–Crippen MR) is 78.1 cm³/mol. The van der Waals surface area contributed by atoms with Crippen molar-refractivity contribution in [1.82, 2.24) is 10.2 Å². The number of ether oxygens (including phenoxy) is 1. The van der Waals surface area contributed by atoms with Crippen molar-refractivity contribution in [3.05, 3.63) is 0 Å². The third-order valence-corrected chi connectivity index (χ3v) is 4.10. The van der Waals surface area contributed by atoms with Crippen molar-refractivity contribution < 1.29 is 9.53 Å². The van der Waals surface area contributed by atoms with Gasteiger partial charge in [0.05, 0.1) is 6.61 Å². The Bertz CT molecular complexity index is 263. The average Bonchev–Trinajstić information content (AvgIpc) is 2.39. The Morgan fingerprint density at radius 3 is 2.47 bits per heavy atom. The molecule has 0 aromatic carbocycles. The molecule has 19 heavy (non-hydrogen) atoms. The van der Waals surface area contributed by atoms with Gasteiger partial charge in [-0.15, -0.1) is 0 Å². The molecular weight excluding hydrogens is 240 g/mol. The Morgan fingerprint density at radius 1 is 1.32 bits per heavy atom. The van der Waals surface area contributed by atoms with Crippen LogP contribution in [0.25, 0.3) is 0 Å². The molecular formula is C15H30N2O2. The molecule has 112 valence electrons. The van der Waals surface area contributed by atoms with Crippen LogP contribution in [0.4, 0.5) is 0 Å². The smallest absolute Gasteiger partial charge is 0.324 e. The topological polar surface area (TPSA) is 41.6 Å². The molecule has 0 aromatic heterocycles. The number of carbonyl (C=O) groups is 1. The summed E-state index contributed by atoms with van der Waals surface area (Å²) in [4.78, 5) is 14.2. The summed E-state index contributed by atoms with van der Waals surface area (Å²) in [5, 5.41) is 3.23. The number of hydrogen-bond acceptors (Lipinski definition) is 4. The van der Waals surface area contributed by atoms with Gasteiger partial charge in [0.15, 0.2) is 0 Å². The molecule has 0 spiro atoms. The molecule has 0 aromatic rings. The van der Waals surface area contributed by atoms with E-state index in [4.69, 9.17) is 4.74 Å². The van der Waals surface area contributed by atoms with E-state index in [1.54, 1.807) is 0 Å². The van der Waals surface area contributed by atoms with E-state index in [9.17, 15) is 4.79 Å². The minimum atomic E-state index is -0.200. The molecule has 4 nitrogen and oxygen atoms in total. The first-order valence-corrected chi connectivity index (χ1v) is 7.68. The Labute approximate surface area is 117 Å². The standard InChI is InChI=1S/C15H30N2O2/c1-5-16-14(15(18)19-6-2)11-17(4)13-9-7-12(3)8-10-13/h12-14,16H,5-11H2,1-4H3. The van der Waals surface area contributed by atoms with Gasteiger partial charge >= 0.3 is 5.97 Å². The minimum absolute atomic E-state index is 0.125. The highest BCUT2D eigenvalue weighted by Crippen LogP contribution is 2.26. The van der Waals surface area contributed by atoms with E-state index in [-0.39, 0.29) is 12.0 Å². The third kappa shape index (κ3) is 5.49. The zero-order valence-electron chi connectivity index (χ0n) is 12.9. The van der Waals surface area contributed by atoms with Crippen molar-refractivity contribution in [1.29, 1.82) is 0 Å². The summed E-state index contributed by atoms with van der Waals surface area (Å²) in [6.45, 7) is 8.19. The van der Waals surface area contributed by atoms with E-state index in [0.29, 0.717) is 12.6 Å². The van der Waals surface area contributed by atoms with Crippen LogP contribution in [-0.2, 0) is 9.53 Å². The van der Waals surface area contributed by atoms with Gasteiger partial charge in [0.1, 0.15) is 6.04 Å². The van der Waals surface area contributed by atoms with Gasteiger partial charge in [-0.2, -0.15) is 0 Å². The number of carbonyl (C=O) groups excluding carboxylic acids is 1. The number of esters is 1. The van der Waals surface area contributed by atoms with E-state index in [2.05, 4.69) is 24.2 Å². The molecule has 1 aliphatic carbocycles. The molecule has 1 aliphatic rings. The SMILES string of the molecule is CCNC(CN(C)C1CCC(C)CC1)C(=O)OCC. The van der Waals surface area contributed by atoms with E-state index in [1.807, 2.05) is 13.8 Å². The lowest BCUT2D eigenvalue weighted by Gasteiger charge is -2.35. The maximum atomic E-state index is 11.9. The van der Waals surface area contributed by atoms with Crippen LogP contribution in [0.3, 0.4) is 0 Å². The second-order valence-electron chi connectivity index (χ2n) is 5.72. The number of likely N-dealkylation sites (N-methyl/N-ethyl adjacent to an activating group) is 2. The molecule has 0 amide bonds. The van der Waals surface area contributed by atoms with Crippen molar-refractivity contribution in [3.63, 3.8) is 0 Å². The van der Waals surface area contributed by atoms with Crippen LogP contribution in [0.2, 0.25) is 0 Å². The monoisotopic (exact) mass is 270 g/mol. The number of nitrogens with one attached hydrogen (secondary N) is 1. The fourth-order valence-corrected chi connectivity index (χ4v) is 2.83. The van der Waals surface area contributed by atoms with Crippen molar-refractivity contribution in [2.24, 2.45) is 5.92 Å². The van der Waals surface area contributed by atoms with E-state index >= 15 is 0 Å². The summed E-state index contributed by atoms with van der Waals surface area (Å²) in [6, 6.07) is 0.418. The summed E-state index contributed by atoms with van der Waals surface area (Å²) in [5.41, 5.74) is 0.